The number of aromatic nitrogens is 1. The lowest BCUT2D eigenvalue weighted by Gasteiger charge is -2.16. The van der Waals surface area contributed by atoms with Crippen molar-refractivity contribution in [3.05, 3.63) is 59.1 Å². The van der Waals surface area contributed by atoms with E-state index >= 15 is 0 Å². The standard InChI is InChI=1S/C17H17N3O2S/c1-2-14(21)19-13-7-5-12(6-8-13)16(22)20-15(11-3-4-11)17-18-9-10-23-17/h2,5-11,15H,1,3-4H2,(H,19,21)(H,20,22). The number of nitrogens with one attached hydrogen (secondary N) is 2. The first kappa shape index (κ1) is 15.4. The summed E-state index contributed by atoms with van der Waals surface area (Å²) in [6.45, 7) is 3.40. The van der Waals surface area contributed by atoms with Gasteiger partial charge in [-0.15, -0.1) is 11.3 Å². The maximum Gasteiger partial charge on any atom is 0.251 e. The van der Waals surface area contributed by atoms with Crippen molar-refractivity contribution < 1.29 is 9.59 Å². The van der Waals surface area contributed by atoms with E-state index < -0.39 is 0 Å². The third-order valence-electron chi connectivity index (χ3n) is 3.70. The molecule has 1 atom stereocenters. The fourth-order valence-electron chi connectivity index (χ4n) is 2.32. The smallest absolute Gasteiger partial charge is 0.251 e. The van der Waals surface area contributed by atoms with Crippen LogP contribution in [0.15, 0.2) is 48.5 Å². The van der Waals surface area contributed by atoms with Gasteiger partial charge in [-0.1, -0.05) is 6.58 Å². The molecular weight excluding hydrogens is 310 g/mol. The van der Waals surface area contributed by atoms with Crippen molar-refractivity contribution in [2.75, 3.05) is 5.32 Å². The molecule has 0 aliphatic heterocycles. The predicted molar refractivity (Wildman–Crippen MR) is 90.3 cm³/mol. The van der Waals surface area contributed by atoms with E-state index in [0.29, 0.717) is 17.2 Å². The molecule has 0 spiro atoms. The molecule has 1 aliphatic rings. The molecule has 1 aliphatic carbocycles. The zero-order valence-electron chi connectivity index (χ0n) is 12.5. The van der Waals surface area contributed by atoms with Crippen molar-refractivity contribution in [3.63, 3.8) is 0 Å². The topological polar surface area (TPSA) is 71.1 Å². The lowest BCUT2D eigenvalue weighted by atomic mass is 10.1. The van der Waals surface area contributed by atoms with Gasteiger partial charge in [0.25, 0.3) is 5.91 Å². The Morgan fingerprint density at radius 2 is 2.04 bits per heavy atom. The normalized spacial score (nSPS) is 14.8. The van der Waals surface area contributed by atoms with Gasteiger partial charge in [-0.3, -0.25) is 9.59 Å². The lowest BCUT2D eigenvalue weighted by molar-refractivity contribution is -0.111. The van der Waals surface area contributed by atoms with Crippen molar-refractivity contribution >= 4 is 28.8 Å². The van der Waals surface area contributed by atoms with Crippen molar-refractivity contribution in [2.45, 2.75) is 18.9 Å². The van der Waals surface area contributed by atoms with E-state index in [4.69, 9.17) is 0 Å². The third-order valence-corrected chi connectivity index (χ3v) is 4.56. The Labute approximate surface area is 138 Å². The number of benzene rings is 1. The van der Waals surface area contributed by atoms with Crippen LogP contribution in [0.1, 0.15) is 34.2 Å². The maximum atomic E-state index is 12.4. The second kappa shape index (κ2) is 6.75. The number of carbonyl (C=O) groups is 2. The van der Waals surface area contributed by atoms with Crippen molar-refractivity contribution in [1.82, 2.24) is 10.3 Å². The quantitative estimate of drug-likeness (QED) is 0.801. The molecule has 2 N–H and O–H groups in total. The molecule has 1 aromatic heterocycles. The predicted octanol–water partition coefficient (Wildman–Crippen LogP) is 3.15. The van der Waals surface area contributed by atoms with E-state index in [9.17, 15) is 9.59 Å². The number of rotatable bonds is 6. The molecule has 23 heavy (non-hydrogen) atoms. The van der Waals surface area contributed by atoms with Crippen LogP contribution in [-0.2, 0) is 4.79 Å². The molecule has 5 nitrogen and oxygen atoms in total. The van der Waals surface area contributed by atoms with Crippen LogP contribution in [0, 0.1) is 5.92 Å². The summed E-state index contributed by atoms with van der Waals surface area (Å²) in [6.07, 6.45) is 5.21. The molecule has 118 valence electrons. The summed E-state index contributed by atoms with van der Waals surface area (Å²) < 4.78 is 0. The van der Waals surface area contributed by atoms with E-state index in [1.807, 2.05) is 5.38 Å². The first-order valence-corrected chi connectivity index (χ1v) is 8.29. The number of hydrogen-bond donors (Lipinski definition) is 2. The Balaban J connectivity index is 1.67. The minimum atomic E-state index is -0.278. The van der Waals surface area contributed by atoms with E-state index in [1.54, 1.807) is 41.8 Å². The highest BCUT2D eigenvalue weighted by Gasteiger charge is 2.35. The summed E-state index contributed by atoms with van der Waals surface area (Å²) in [4.78, 5) is 28.0. The lowest BCUT2D eigenvalue weighted by Crippen LogP contribution is -2.29. The zero-order chi connectivity index (χ0) is 16.2. The highest BCUT2D eigenvalue weighted by Crippen LogP contribution is 2.41. The summed E-state index contributed by atoms with van der Waals surface area (Å²) in [5, 5.41) is 8.61. The number of amides is 2. The minimum absolute atomic E-state index is 0.0114. The SMILES string of the molecule is C=CC(=O)Nc1ccc(C(=O)NC(c2nccs2)C2CC2)cc1. The fraction of sp³-hybridized carbons (Fsp3) is 0.235. The van der Waals surface area contributed by atoms with Gasteiger partial charge in [0.05, 0.1) is 6.04 Å². The molecule has 0 bridgehead atoms. The van der Waals surface area contributed by atoms with Gasteiger partial charge in [-0.05, 0) is 49.1 Å². The molecule has 2 amide bonds. The second-order valence-corrected chi connectivity index (χ2v) is 6.36. The largest absolute Gasteiger partial charge is 0.343 e. The summed E-state index contributed by atoms with van der Waals surface area (Å²) in [6, 6.07) is 6.78. The van der Waals surface area contributed by atoms with E-state index in [0.717, 1.165) is 17.8 Å². The number of thiazole rings is 1. The van der Waals surface area contributed by atoms with E-state index in [-0.39, 0.29) is 17.9 Å². The van der Waals surface area contributed by atoms with Crippen molar-refractivity contribution in [2.24, 2.45) is 5.92 Å². The Morgan fingerprint density at radius 3 is 2.61 bits per heavy atom. The molecule has 3 rings (SSSR count). The van der Waals surface area contributed by atoms with Gasteiger partial charge in [0.15, 0.2) is 0 Å². The second-order valence-electron chi connectivity index (χ2n) is 5.43. The average Bonchev–Trinajstić information content (AvgIpc) is 3.26. The van der Waals surface area contributed by atoms with Gasteiger partial charge in [-0.25, -0.2) is 4.98 Å². The average molecular weight is 327 g/mol. The third kappa shape index (κ3) is 3.84. The van der Waals surface area contributed by atoms with Gasteiger partial charge in [0.1, 0.15) is 5.01 Å². The number of carbonyl (C=O) groups excluding carboxylic acids is 2. The number of hydrogen-bond acceptors (Lipinski definition) is 4. The van der Waals surface area contributed by atoms with Crippen LogP contribution < -0.4 is 10.6 Å². The summed E-state index contributed by atoms with van der Waals surface area (Å²) in [5.74, 6) is 0.0784. The van der Waals surface area contributed by atoms with Gasteiger partial charge in [0, 0.05) is 22.8 Å². The van der Waals surface area contributed by atoms with Crippen LogP contribution in [0.5, 0.6) is 0 Å². The molecule has 6 heteroatoms. The van der Waals surface area contributed by atoms with Crippen LogP contribution in [0.25, 0.3) is 0 Å². The number of nitrogens with zero attached hydrogens (tertiary/aromatic N) is 1. The Bertz CT molecular complexity index is 706. The van der Waals surface area contributed by atoms with Gasteiger partial charge in [-0.2, -0.15) is 0 Å². The number of anilines is 1. The summed E-state index contributed by atoms with van der Waals surface area (Å²) in [5.41, 5.74) is 1.19. The molecule has 0 saturated heterocycles. The molecule has 1 unspecified atom stereocenters. The van der Waals surface area contributed by atoms with Gasteiger partial charge < -0.3 is 10.6 Å². The van der Waals surface area contributed by atoms with Gasteiger partial charge >= 0.3 is 0 Å². The van der Waals surface area contributed by atoms with Crippen molar-refractivity contribution in [3.8, 4) is 0 Å². The molecule has 1 heterocycles. The van der Waals surface area contributed by atoms with Crippen molar-refractivity contribution in [1.29, 1.82) is 0 Å². The fourth-order valence-corrected chi connectivity index (χ4v) is 3.10. The summed E-state index contributed by atoms with van der Waals surface area (Å²) >= 11 is 1.57. The van der Waals surface area contributed by atoms with Crippen LogP contribution >= 0.6 is 11.3 Å². The molecule has 1 saturated carbocycles. The molecule has 1 fully saturated rings. The van der Waals surface area contributed by atoms with Gasteiger partial charge in [0.2, 0.25) is 5.91 Å². The Morgan fingerprint density at radius 1 is 1.30 bits per heavy atom. The monoisotopic (exact) mass is 327 g/mol. The zero-order valence-corrected chi connectivity index (χ0v) is 13.3. The van der Waals surface area contributed by atoms with E-state index in [2.05, 4.69) is 22.2 Å². The molecule has 1 aromatic carbocycles. The minimum Gasteiger partial charge on any atom is -0.343 e. The van der Waals surface area contributed by atoms with E-state index in [1.165, 1.54) is 6.08 Å². The van der Waals surface area contributed by atoms with Crippen LogP contribution in [0.4, 0.5) is 5.69 Å². The molecule has 0 radical (unpaired) electrons. The van der Waals surface area contributed by atoms with Crippen LogP contribution in [0.3, 0.4) is 0 Å². The highest BCUT2D eigenvalue weighted by atomic mass is 32.1. The van der Waals surface area contributed by atoms with Crippen LogP contribution in [-0.4, -0.2) is 16.8 Å². The highest BCUT2D eigenvalue weighted by molar-refractivity contribution is 7.09. The molecule has 2 aromatic rings. The Hall–Kier alpha value is -2.47. The molecular formula is C17H17N3O2S. The maximum absolute atomic E-state index is 12.4. The Kier molecular flexibility index (Phi) is 4.52. The summed E-state index contributed by atoms with van der Waals surface area (Å²) in [7, 11) is 0. The first-order chi connectivity index (χ1) is 11.2. The first-order valence-electron chi connectivity index (χ1n) is 7.41. The van der Waals surface area contributed by atoms with Crippen LogP contribution in [0.2, 0.25) is 0 Å².